The van der Waals surface area contributed by atoms with Crippen LogP contribution in [0.15, 0.2) is 0 Å². The van der Waals surface area contributed by atoms with Gasteiger partial charge in [-0.15, -0.1) is 0 Å². The molecule has 2 N–H and O–H groups in total. The first-order valence-corrected chi connectivity index (χ1v) is 7.24. The molecule has 2 rings (SSSR count). The number of rotatable bonds is 0. The zero-order valence-corrected chi connectivity index (χ0v) is 13.0. The molecule has 0 saturated carbocycles. The number of hydrogen-bond acceptors (Lipinski definition) is 5. The Morgan fingerprint density at radius 3 is 2.38 bits per heavy atom. The van der Waals surface area contributed by atoms with Gasteiger partial charge in [0.1, 0.15) is 11.1 Å². The first-order valence-electron chi connectivity index (χ1n) is 7.24. The molecule has 7 heteroatoms. The molecule has 2 aliphatic heterocycles. The highest BCUT2D eigenvalue weighted by Crippen LogP contribution is 2.26. The maximum Gasteiger partial charge on any atom is 0.410 e. The fraction of sp³-hybridized carbons (Fsp3) is 0.786. The van der Waals surface area contributed by atoms with Crippen LogP contribution in [-0.4, -0.2) is 53.1 Å². The lowest BCUT2D eigenvalue weighted by Gasteiger charge is -2.44. The smallest absolute Gasteiger partial charge is 0.410 e. The summed E-state index contributed by atoms with van der Waals surface area (Å²) in [5, 5.41) is 5.50. The first-order chi connectivity index (χ1) is 9.63. The number of likely N-dealkylation sites (tertiary alicyclic amines) is 1. The molecule has 118 valence electrons. The van der Waals surface area contributed by atoms with Gasteiger partial charge < -0.3 is 9.64 Å². The van der Waals surface area contributed by atoms with E-state index >= 15 is 0 Å². The van der Waals surface area contributed by atoms with Crippen molar-refractivity contribution < 1.29 is 19.1 Å². The molecule has 2 saturated heterocycles. The van der Waals surface area contributed by atoms with Crippen LogP contribution in [0.3, 0.4) is 0 Å². The maximum absolute atomic E-state index is 12.1. The van der Waals surface area contributed by atoms with Gasteiger partial charge in [-0.3, -0.25) is 20.2 Å². The predicted molar refractivity (Wildman–Crippen MR) is 75.5 cm³/mol. The van der Waals surface area contributed by atoms with E-state index in [0.29, 0.717) is 25.9 Å². The van der Waals surface area contributed by atoms with Gasteiger partial charge in [0.25, 0.3) is 0 Å². The normalized spacial score (nSPS) is 25.7. The van der Waals surface area contributed by atoms with Crippen molar-refractivity contribution in [1.29, 1.82) is 0 Å². The van der Waals surface area contributed by atoms with Crippen LogP contribution >= 0.6 is 0 Å². The third kappa shape index (κ3) is 3.34. The van der Waals surface area contributed by atoms with Gasteiger partial charge in [-0.1, -0.05) is 0 Å². The Hall–Kier alpha value is -1.63. The van der Waals surface area contributed by atoms with E-state index in [1.54, 1.807) is 11.8 Å². The summed E-state index contributed by atoms with van der Waals surface area (Å²) in [5.41, 5.74) is -1.29. The van der Waals surface area contributed by atoms with Gasteiger partial charge in [-0.2, -0.15) is 0 Å². The van der Waals surface area contributed by atoms with Crippen LogP contribution in [0.2, 0.25) is 0 Å². The van der Waals surface area contributed by atoms with Crippen LogP contribution in [-0.2, 0) is 14.3 Å². The predicted octanol–water partition coefficient (Wildman–Crippen LogP) is 0.391. The van der Waals surface area contributed by atoms with Gasteiger partial charge in [0.05, 0.1) is 6.04 Å². The topological polar surface area (TPSA) is 87.7 Å². The van der Waals surface area contributed by atoms with Gasteiger partial charge in [-0.05, 0) is 40.5 Å². The van der Waals surface area contributed by atoms with E-state index in [1.165, 1.54) is 0 Å². The van der Waals surface area contributed by atoms with E-state index in [4.69, 9.17) is 4.74 Å². The fourth-order valence-electron chi connectivity index (χ4n) is 2.65. The summed E-state index contributed by atoms with van der Waals surface area (Å²) < 4.78 is 5.33. The number of nitrogens with one attached hydrogen (secondary N) is 2. The van der Waals surface area contributed by atoms with Gasteiger partial charge in [0.2, 0.25) is 11.8 Å². The number of carbonyl (C=O) groups is 3. The van der Waals surface area contributed by atoms with Crippen LogP contribution in [0.5, 0.6) is 0 Å². The number of amides is 3. The van der Waals surface area contributed by atoms with Crippen LogP contribution in [0.1, 0.15) is 40.5 Å². The molecule has 0 aromatic heterocycles. The third-order valence-electron chi connectivity index (χ3n) is 3.83. The van der Waals surface area contributed by atoms with Crippen LogP contribution in [0.4, 0.5) is 4.79 Å². The Bertz CT molecular complexity index is 461. The first kappa shape index (κ1) is 15.8. The molecule has 2 fully saturated rings. The Balaban J connectivity index is 1.98. The van der Waals surface area contributed by atoms with Crippen molar-refractivity contribution in [3.63, 3.8) is 0 Å². The molecular formula is C14H23N3O4. The molecule has 0 aliphatic carbocycles. The van der Waals surface area contributed by atoms with Gasteiger partial charge in [-0.25, -0.2) is 4.79 Å². The molecule has 0 bridgehead atoms. The van der Waals surface area contributed by atoms with Gasteiger partial charge in [0.15, 0.2) is 0 Å². The zero-order valence-electron chi connectivity index (χ0n) is 13.0. The van der Waals surface area contributed by atoms with E-state index in [-0.39, 0.29) is 17.9 Å². The SMILES string of the molecule is CC1NC2(CCN(C(=O)OC(C)(C)C)CC2)C(=O)NC1=O. The van der Waals surface area contributed by atoms with Crippen LogP contribution in [0.25, 0.3) is 0 Å². The number of piperazine rings is 1. The minimum Gasteiger partial charge on any atom is -0.444 e. The number of piperidine rings is 1. The minimum absolute atomic E-state index is 0.297. The Morgan fingerprint density at radius 2 is 1.86 bits per heavy atom. The van der Waals surface area contributed by atoms with Crippen molar-refractivity contribution >= 4 is 17.9 Å². The van der Waals surface area contributed by atoms with Gasteiger partial charge in [0, 0.05) is 13.1 Å². The Morgan fingerprint density at radius 1 is 1.29 bits per heavy atom. The molecule has 3 amide bonds. The van der Waals surface area contributed by atoms with Crippen molar-refractivity contribution in [1.82, 2.24) is 15.5 Å². The quantitative estimate of drug-likeness (QED) is 0.632. The van der Waals surface area contributed by atoms with Crippen LogP contribution < -0.4 is 10.6 Å². The minimum atomic E-state index is -0.758. The molecule has 2 aliphatic rings. The van der Waals surface area contributed by atoms with Crippen molar-refractivity contribution in [2.24, 2.45) is 0 Å². The van der Waals surface area contributed by atoms with Crippen molar-refractivity contribution in [3.05, 3.63) is 0 Å². The summed E-state index contributed by atoms with van der Waals surface area (Å²) in [4.78, 5) is 37.2. The van der Waals surface area contributed by atoms with E-state index < -0.39 is 17.2 Å². The highest BCUT2D eigenvalue weighted by atomic mass is 16.6. The number of hydrogen-bond donors (Lipinski definition) is 2. The summed E-state index contributed by atoms with van der Waals surface area (Å²) in [5.74, 6) is -0.602. The second-order valence-electron chi connectivity index (χ2n) is 6.73. The summed E-state index contributed by atoms with van der Waals surface area (Å²) in [6, 6.07) is -0.407. The third-order valence-corrected chi connectivity index (χ3v) is 3.83. The molecule has 1 spiro atoms. The standard InChI is InChI=1S/C14H23N3O4/c1-9-10(18)15-11(19)14(16-9)5-7-17(8-6-14)12(20)21-13(2,3)4/h9,16H,5-8H2,1-4H3,(H,15,18,19). The molecule has 1 atom stereocenters. The second kappa shape index (κ2) is 5.29. The monoisotopic (exact) mass is 297 g/mol. The number of nitrogens with zero attached hydrogens (tertiary/aromatic N) is 1. The average Bonchev–Trinajstić information content (AvgIpc) is 2.35. The van der Waals surface area contributed by atoms with Crippen molar-refractivity contribution in [3.8, 4) is 0 Å². The van der Waals surface area contributed by atoms with Gasteiger partial charge >= 0.3 is 6.09 Å². The van der Waals surface area contributed by atoms with E-state index in [2.05, 4.69) is 10.6 Å². The summed E-state index contributed by atoms with van der Waals surface area (Å²) in [6.45, 7) is 8.04. The Kier molecular flexibility index (Phi) is 3.97. The number of imide groups is 1. The van der Waals surface area contributed by atoms with E-state index in [0.717, 1.165) is 0 Å². The van der Waals surface area contributed by atoms with E-state index in [1.807, 2.05) is 20.8 Å². The molecule has 0 aromatic carbocycles. The highest BCUT2D eigenvalue weighted by molar-refractivity contribution is 6.04. The number of ether oxygens (including phenoxy) is 1. The lowest BCUT2D eigenvalue weighted by atomic mass is 9.84. The van der Waals surface area contributed by atoms with Crippen LogP contribution in [0, 0.1) is 0 Å². The Labute approximate surface area is 124 Å². The average molecular weight is 297 g/mol. The second-order valence-corrected chi connectivity index (χ2v) is 6.73. The molecular weight excluding hydrogens is 274 g/mol. The summed E-state index contributed by atoms with van der Waals surface area (Å²) >= 11 is 0. The lowest BCUT2D eigenvalue weighted by molar-refractivity contribution is -0.142. The molecule has 2 heterocycles. The lowest BCUT2D eigenvalue weighted by Crippen LogP contribution is -2.71. The fourth-order valence-corrected chi connectivity index (χ4v) is 2.65. The molecule has 7 nitrogen and oxygen atoms in total. The van der Waals surface area contributed by atoms with Crippen molar-refractivity contribution in [2.75, 3.05) is 13.1 Å². The maximum atomic E-state index is 12.1. The molecule has 0 radical (unpaired) electrons. The highest BCUT2D eigenvalue weighted by Gasteiger charge is 2.47. The summed E-state index contributed by atoms with van der Waals surface area (Å²) in [7, 11) is 0. The summed E-state index contributed by atoms with van der Waals surface area (Å²) in [6.07, 6.45) is 0.573. The zero-order chi connectivity index (χ0) is 15.8. The molecule has 0 aromatic rings. The number of carbonyl (C=O) groups excluding carboxylic acids is 3. The largest absolute Gasteiger partial charge is 0.444 e. The molecule has 21 heavy (non-hydrogen) atoms. The van der Waals surface area contributed by atoms with E-state index in [9.17, 15) is 14.4 Å². The van der Waals surface area contributed by atoms with Crippen molar-refractivity contribution in [2.45, 2.75) is 57.7 Å². The molecule has 1 unspecified atom stereocenters.